The van der Waals surface area contributed by atoms with E-state index in [1.807, 2.05) is 50.2 Å². The molecule has 2 aromatic rings. The standard InChI is InChI=1S/C22H26N4O2S/c1-4-6-16(3)26-21(28)19(29-22(26)25-18-7-5-12-23-14-18)13-20(27)24-17-10-8-15(2)9-11-17/h5,7-12,14,16,19H,4,6,13H2,1-3H3,(H,24,27)/t16-,19+/m0/s1. The lowest BCUT2D eigenvalue weighted by Gasteiger charge is -2.24. The SMILES string of the molecule is CCC[C@H](C)N1C(=O)[C@@H](CC(=O)Nc2ccc(C)cc2)SC1=Nc1cccnc1. The lowest BCUT2D eigenvalue weighted by molar-refractivity contribution is -0.129. The molecular formula is C22H26N4O2S. The van der Waals surface area contributed by atoms with Crippen LogP contribution in [0.4, 0.5) is 11.4 Å². The molecule has 0 spiro atoms. The maximum absolute atomic E-state index is 13.1. The molecule has 2 amide bonds. The summed E-state index contributed by atoms with van der Waals surface area (Å²) < 4.78 is 0. The third-order valence-corrected chi connectivity index (χ3v) is 5.84. The Morgan fingerprint density at radius 1 is 1.31 bits per heavy atom. The average molecular weight is 411 g/mol. The third kappa shape index (κ3) is 5.44. The van der Waals surface area contributed by atoms with Gasteiger partial charge >= 0.3 is 0 Å². The molecule has 0 bridgehead atoms. The topological polar surface area (TPSA) is 74.7 Å². The van der Waals surface area contributed by atoms with Gasteiger partial charge in [0, 0.05) is 24.3 Å². The Morgan fingerprint density at radius 2 is 2.07 bits per heavy atom. The highest BCUT2D eigenvalue weighted by atomic mass is 32.2. The van der Waals surface area contributed by atoms with Crippen LogP contribution in [0, 0.1) is 6.92 Å². The van der Waals surface area contributed by atoms with Crippen molar-refractivity contribution < 1.29 is 9.59 Å². The van der Waals surface area contributed by atoms with Crippen molar-refractivity contribution in [1.29, 1.82) is 0 Å². The number of carbonyl (C=O) groups is 2. The molecule has 7 heteroatoms. The van der Waals surface area contributed by atoms with E-state index in [2.05, 4.69) is 22.2 Å². The molecule has 0 unspecified atom stereocenters. The van der Waals surface area contributed by atoms with E-state index < -0.39 is 5.25 Å². The quantitative estimate of drug-likeness (QED) is 0.727. The second-order valence-corrected chi connectivity index (χ2v) is 8.35. The Balaban J connectivity index is 1.75. The number of pyridine rings is 1. The lowest BCUT2D eigenvalue weighted by atomic mass is 10.1. The second-order valence-electron chi connectivity index (χ2n) is 7.18. The summed E-state index contributed by atoms with van der Waals surface area (Å²) in [4.78, 5) is 36.1. The molecule has 2 heterocycles. The van der Waals surface area contributed by atoms with Gasteiger partial charge in [0.25, 0.3) is 0 Å². The van der Waals surface area contributed by atoms with Gasteiger partial charge in [0.1, 0.15) is 5.25 Å². The smallest absolute Gasteiger partial charge is 0.242 e. The van der Waals surface area contributed by atoms with Crippen molar-refractivity contribution in [1.82, 2.24) is 9.88 Å². The number of anilines is 1. The van der Waals surface area contributed by atoms with E-state index in [4.69, 9.17) is 0 Å². The zero-order chi connectivity index (χ0) is 20.8. The fourth-order valence-corrected chi connectivity index (χ4v) is 4.44. The number of amides is 2. The molecule has 0 aliphatic carbocycles. The molecule has 1 N–H and O–H groups in total. The zero-order valence-corrected chi connectivity index (χ0v) is 17.8. The predicted octanol–water partition coefficient (Wildman–Crippen LogP) is 4.54. The molecule has 2 atom stereocenters. The Morgan fingerprint density at radius 3 is 2.72 bits per heavy atom. The summed E-state index contributed by atoms with van der Waals surface area (Å²) in [6.07, 6.45) is 5.30. The van der Waals surface area contributed by atoms with Crippen LogP contribution in [-0.4, -0.2) is 38.2 Å². The van der Waals surface area contributed by atoms with E-state index in [1.54, 1.807) is 17.3 Å². The van der Waals surface area contributed by atoms with Crippen LogP contribution in [0.3, 0.4) is 0 Å². The van der Waals surface area contributed by atoms with Crippen LogP contribution in [0.5, 0.6) is 0 Å². The van der Waals surface area contributed by atoms with Crippen LogP contribution in [0.2, 0.25) is 0 Å². The Bertz CT molecular complexity index is 883. The molecule has 6 nitrogen and oxygen atoms in total. The van der Waals surface area contributed by atoms with Gasteiger partial charge in [0.2, 0.25) is 11.8 Å². The van der Waals surface area contributed by atoms with Gasteiger partial charge in [-0.2, -0.15) is 0 Å². The molecule has 3 rings (SSSR count). The van der Waals surface area contributed by atoms with Gasteiger partial charge in [-0.05, 0) is 44.5 Å². The summed E-state index contributed by atoms with van der Waals surface area (Å²) in [7, 11) is 0. The minimum atomic E-state index is -0.477. The molecule has 29 heavy (non-hydrogen) atoms. The molecule has 1 aromatic carbocycles. The van der Waals surface area contributed by atoms with E-state index in [-0.39, 0.29) is 24.3 Å². The number of nitrogens with zero attached hydrogens (tertiary/aromatic N) is 3. The first-order valence-corrected chi connectivity index (χ1v) is 10.7. The minimum absolute atomic E-state index is 0.0283. The van der Waals surface area contributed by atoms with Crippen molar-refractivity contribution >= 4 is 40.1 Å². The molecule has 0 saturated carbocycles. The Hall–Kier alpha value is -2.67. The molecule has 1 aliphatic heterocycles. The lowest BCUT2D eigenvalue weighted by Crippen LogP contribution is -2.40. The van der Waals surface area contributed by atoms with Crippen molar-refractivity contribution in [2.24, 2.45) is 4.99 Å². The Kier molecular flexibility index (Phi) is 7.04. The third-order valence-electron chi connectivity index (χ3n) is 4.69. The summed E-state index contributed by atoms with van der Waals surface area (Å²) in [5, 5.41) is 3.04. The number of aromatic nitrogens is 1. The fourth-order valence-electron chi connectivity index (χ4n) is 3.19. The molecule has 1 saturated heterocycles. The van der Waals surface area contributed by atoms with Crippen molar-refractivity contribution in [3.8, 4) is 0 Å². The highest BCUT2D eigenvalue weighted by molar-refractivity contribution is 8.15. The summed E-state index contributed by atoms with van der Waals surface area (Å²) in [6, 6.07) is 11.3. The highest BCUT2D eigenvalue weighted by Gasteiger charge is 2.41. The number of hydrogen-bond donors (Lipinski definition) is 1. The summed E-state index contributed by atoms with van der Waals surface area (Å²) in [5.74, 6) is -0.233. The van der Waals surface area contributed by atoms with Crippen molar-refractivity contribution in [2.45, 2.75) is 51.3 Å². The summed E-state index contributed by atoms with van der Waals surface area (Å²) in [6.45, 7) is 6.11. The van der Waals surface area contributed by atoms with Crippen molar-refractivity contribution in [3.05, 3.63) is 54.4 Å². The van der Waals surface area contributed by atoms with Crippen LogP contribution < -0.4 is 5.32 Å². The molecule has 1 fully saturated rings. The number of thioether (sulfide) groups is 1. The minimum Gasteiger partial charge on any atom is -0.326 e. The number of rotatable bonds is 7. The van der Waals surface area contributed by atoms with E-state index in [1.165, 1.54) is 11.8 Å². The summed E-state index contributed by atoms with van der Waals surface area (Å²) >= 11 is 1.36. The van der Waals surface area contributed by atoms with Crippen molar-refractivity contribution in [2.75, 3.05) is 5.32 Å². The van der Waals surface area contributed by atoms with Gasteiger partial charge in [0.05, 0.1) is 11.9 Å². The number of aliphatic imine (C=N–C) groups is 1. The number of amidine groups is 1. The first kappa shape index (κ1) is 21.0. The maximum Gasteiger partial charge on any atom is 0.242 e. The normalized spacial score (nSPS) is 18.9. The monoisotopic (exact) mass is 410 g/mol. The largest absolute Gasteiger partial charge is 0.326 e. The first-order chi connectivity index (χ1) is 14.0. The van der Waals surface area contributed by atoms with Crippen LogP contribution in [0.15, 0.2) is 53.8 Å². The number of carbonyl (C=O) groups excluding carboxylic acids is 2. The maximum atomic E-state index is 13.1. The van der Waals surface area contributed by atoms with Gasteiger partial charge in [-0.15, -0.1) is 0 Å². The predicted molar refractivity (Wildman–Crippen MR) is 118 cm³/mol. The number of hydrogen-bond acceptors (Lipinski definition) is 5. The van der Waals surface area contributed by atoms with E-state index >= 15 is 0 Å². The zero-order valence-electron chi connectivity index (χ0n) is 17.0. The number of benzene rings is 1. The van der Waals surface area contributed by atoms with Gasteiger partial charge < -0.3 is 5.32 Å². The van der Waals surface area contributed by atoms with Gasteiger partial charge in [0.15, 0.2) is 5.17 Å². The molecular weight excluding hydrogens is 384 g/mol. The van der Waals surface area contributed by atoms with Crippen LogP contribution >= 0.6 is 11.8 Å². The van der Waals surface area contributed by atoms with E-state index in [0.29, 0.717) is 10.9 Å². The molecule has 1 aromatic heterocycles. The van der Waals surface area contributed by atoms with E-state index in [9.17, 15) is 9.59 Å². The van der Waals surface area contributed by atoms with Crippen molar-refractivity contribution in [3.63, 3.8) is 0 Å². The second kappa shape index (κ2) is 9.69. The molecule has 1 aliphatic rings. The van der Waals surface area contributed by atoms with Crippen LogP contribution in [0.1, 0.15) is 38.7 Å². The van der Waals surface area contributed by atoms with Gasteiger partial charge in [-0.1, -0.05) is 42.8 Å². The average Bonchev–Trinajstić information content (AvgIpc) is 2.99. The first-order valence-electron chi connectivity index (χ1n) is 9.83. The number of aryl methyl sites for hydroxylation is 1. The molecule has 152 valence electrons. The van der Waals surface area contributed by atoms with Gasteiger partial charge in [-0.25, -0.2) is 4.99 Å². The van der Waals surface area contributed by atoms with Crippen LogP contribution in [-0.2, 0) is 9.59 Å². The molecule has 0 radical (unpaired) electrons. The fraction of sp³-hybridized carbons (Fsp3) is 0.364. The highest BCUT2D eigenvalue weighted by Crippen LogP contribution is 2.34. The van der Waals surface area contributed by atoms with Gasteiger partial charge in [-0.3, -0.25) is 19.5 Å². The summed E-state index contributed by atoms with van der Waals surface area (Å²) in [5.41, 5.74) is 2.55. The van der Waals surface area contributed by atoms with E-state index in [0.717, 1.165) is 24.1 Å². The van der Waals surface area contributed by atoms with Crippen LogP contribution in [0.25, 0.3) is 0 Å². The number of nitrogens with one attached hydrogen (secondary N) is 1. The Labute approximate surface area is 175 Å².